The third-order valence-electron chi connectivity index (χ3n) is 4.43. The van der Waals surface area contributed by atoms with Gasteiger partial charge in [-0.2, -0.15) is 5.10 Å². The molecule has 0 aliphatic carbocycles. The fourth-order valence-corrected chi connectivity index (χ4v) is 2.82. The molecule has 0 spiro atoms. The highest BCUT2D eigenvalue weighted by molar-refractivity contribution is 6.39. The van der Waals surface area contributed by atoms with Gasteiger partial charge in [-0.3, -0.25) is 9.59 Å². The van der Waals surface area contributed by atoms with E-state index in [1.165, 1.54) is 6.21 Å². The molecule has 2 N–H and O–H groups in total. The van der Waals surface area contributed by atoms with Crippen molar-refractivity contribution in [3.63, 3.8) is 0 Å². The Morgan fingerprint density at radius 2 is 1.67 bits per heavy atom. The average molecular weight is 447 g/mol. The summed E-state index contributed by atoms with van der Waals surface area (Å²) in [6, 6.07) is 21.7. The molecule has 0 radical (unpaired) electrons. The standard InChI is InChI=1S/C25H25N3O5/c1-3-32-21-12-10-20(11-13-21)27-24(29)25(30)28-26-16-19-9-14-22(23(15-19)31-2)33-17-18-7-5-4-6-8-18/h4-16H,3,17H2,1-2H3,(H,27,29)(H,28,30). The third kappa shape index (κ3) is 7.10. The van der Waals surface area contributed by atoms with Crippen molar-refractivity contribution < 1.29 is 23.8 Å². The Hall–Kier alpha value is -4.33. The number of carbonyl (C=O) groups excluding carboxylic acids is 2. The molecule has 2 amide bonds. The van der Waals surface area contributed by atoms with E-state index in [1.807, 2.05) is 37.3 Å². The molecule has 3 rings (SSSR count). The van der Waals surface area contributed by atoms with Crippen LogP contribution in [-0.4, -0.2) is 31.7 Å². The predicted octanol–water partition coefficient (Wildman–Crippen LogP) is 3.76. The van der Waals surface area contributed by atoms with Crippen molar-refractivity contribution in [2.24, 2.45) is 5.10 Å². The van der Waals surface area contributed by atoms with Crippen LogP contribution in [0.1, 0.15) is 18.1 Å². The SMILES string of the molecule is CCOc1ccc(NC(=O)C(=O)NN=Cc2ccc(OCc3ccccc3)c(OC)c2)cc1. The Bertz CT molecular complexity index is 1100. The number of nitrogens with zero attached hydrogens (tertiary/aromatic N) is 1. The lowest BCUT2D eigenvalue weighted by Gasteiger charge is -2.11. The summed E-state index contributed by atoms with van der Waals surface area (Å²) in [6.45, 7) is 2.83. The van der Waals surface area contributed by atoms with Crippen LogP contribution in [0.2, 0.25) is 0 Å². The predicted molar refractivity (Wildman–Crippen MR) is 126 cm³/mol. The molecule has 0 aliphatic heterocycles. The minimum Gasteiger partial charge on any atom is -0.494 e. The minimum absolute atomic E-state index is 0.407. The van der Waals surface area contributed by atoms with Crippen LogP contribution in [0.25, 0.3) is 0 Å². The highest BCUT2D eigenvalue weighted by Gasteiger charge is 2.13. The summed E-state index contributed by atoms with van der Waals surface area (Å²) >= 11 is 0. The Morgan fingerprint density at radius 1 is 0.909 bits per heavy atom. The van der Waals surface area contributed by atoms with Crippen molar-refractivity contribution in [2.75, 3.05) is 19.0 Å². The van der Waals surface area contributed by atoms with Crippen molar-refractivity contribution in [1.82, 2.24) is 5.43 Å². The van der Waals surface area contributed by atoms with Gasteiger partial charge in [-0.15, -0.1) is 0 Å². The van der Waals surface area contributed by atoms with Crippen LogP contribution in [0.4, 0.5) is 5.69 Å². The van der Waals surface area contributed by atoms with E-state index in [9.17, 15) is 9.59 Å². The van der Waals surface area contributed by atoms with E-state index in [0.717, 1.165) is 5.56 Å². The van der Waals surface area contributed by atoms with Gasteiger partial charge in [-0.1, -0.05) is 30.3 Å². The minimum atomic E-state index is -0.894. The molecule has 0 heterocycles. The number of rotatable bonds is 9. The summed E-state index contributed by atoms with van der Waals surface area (Å²) in [7, 11) is 1.54. The summed E-state index contributed by atoms with van der Waals surface area (Å²) in [5.74, 6) is 0.0525. The third-order valence-corrected chi connectivity index (χ3v) is 4.43. The molecule has 33 heavy (non-hydrogen) atoms. The van der Waals surface area contributed by atoms with E-state index in [1.54, 1.807) is 49.6 Å². The van der Waals surface area contributed by atoms with E-state index >= 15 is 0 Å². The highest BCUT2D eigenvalue weighted by Crippen LogP contribution is 2.28. The van der Waals surface area contributed by atoms with Crippen molar-refractivity contribution in [3.05, 3.63) is 83.9 Å². The Kier molecular flexibility index (Phi) is 8.41. The molecule has 8 nitrogen and oxygen atoms in total. The quantitative estimate of drug-likeness (QED) is 0.296. The zero-order valence-corrected chi connectivity index (χ0v) is 18.4. The van der Waals surface area contributed by atoms with Gasteiger partial charge in [0.05, 0.1) is 19.9 Å². The summed E-state index contributed by atoms with van der Waals surface area (Å²) in [6.07, 6.45) is 1.41. The number of hydrogen-bond donors (Lipinski definition) is 2. The molecular formula is C25H25N3O5. The second-order valence-electron chi connectivity index (χ2n) is 6.80. The second-order valence-corrected chi connectivity index (χ2v) is 6.80. The Morgan fingerprint density at radius 3 is 2.36 bits per heavy atom. The second kappa shape index (κ2) is 11.9. The van der Waals surface area contributed by atoms with E-state index in [4.69, 9.17) is 14.2 Å². The van der Waals surface area contributed by atoms with Crippen LogP contribution in [0.5, 0.6) is 17.2 Å². The van der Waals surface area contributed by atoms with Crippen LogP contribution < -0.4 is 25.0 Å². The molecule has 3 aromatic rings. The summed E-state index contributed by atoms with van der Waals surface area (Å²) in [5.41, 5.74) is 4.37. The van der Waals surface area contributed by atoms with E-state index < -0.39 is 11.8 Å². The number of amides is 2. The van der Waals surface area contributed by atoms with Crippen LogP contribution in [0.3, 0.4) is 0 Å². The van der Waals surface area contributed by atoms with Gasteiger partial charge in [0.1, 0.15) is 12.4 Å². The largest absolute Gasteiger partial charge is 0.494 e. The van der Waals surface area contributed by atoms with E-state index in [-0.39, 0.29) is 0 Å². The maximum absolute atomic E-state index is 12.0. The van der Waals surface area contributed by atoms with Crippen molar-refractivity contribution >= 4 is 23.7 Å². The van der Waals surface area contributed by atoms with Gasteiger partial charge < -0.3 is 19.5 Å². The molecule has 0 aliphatic rings. The van der Waals surface area contributed by atoms with Crippen LogP contribution in [0, 0.1) is 0 Å². The van der Waals surface area contributed by atoms with Crippen LogP contribution in [-0.2, 0) is 16.2 Å². The van der Waals surface area contributed by atoms with Crippen molar-refractivity contribution in [3.8, 4) is 17.2 Å². The lowest BCUT2D eigenvalue weighted by Crippen LogP contribution is -2.32. The molecule has 0 unspecified atom stereocenters. The number of ether oxygens (including phenoxy) is 3. The number of hydrazone groups is 1. The molecule has 0 saturated carbocycles. The van der Waals surface area contributed by atoms with Gasteiger partial charge >= 0.3 is 11.8 Å². The molecule has 8 heteroatoms. The molecule has 170 valence electrons. The number of carbonyl (C=O) groups is 2. The first-order valence-electron chi connectivity index (χ1n) is 10.3. The van der Waals surface area contributed by atoms with E-state index in [2.05, 4.69) is 15.8 Å². The molecule has 0 bridgehead atoms. The number of nitrogens with one attached hydrogen (secondary N) is 2. The van der Waals surface area contributed by atoms with Crippen molar-refractivity contribution in [1.29, 1.82) is 0 Å². The van der Waals surface area contributed by atoms with Gasteiger partial charge in [0.25, 0.3) is 0 Å². The number of methoxy groups -OCH3 is 1. The summed E-state index contributed by atoms with van der Waals surface area (Å²) < 4.78 is 16.5. The molecule has 0 atom stereocenters. The lowest BCUT2D eigenvalue weighted by molar-refractivity contribution is -0.136. The molecule has 3 aromatic carbocycles. The van der Waals surface area contributed by atoms with Gasteiger partial charge in [0, 0.05) is 5.69 Å². The van der Waals surface area contributed by atoms with Gasteiger partial charge in [0.2, 0.25) is 0 Å². The monoisotopic (exact) mass is 447 g/mol. The normalized spacial score (nSPS) is 10.5. The molecule has 0 aromatic heterocycles. The first-order chi connectivity index (χ1) is 16.1. The fourth-order valence-electron chi connectivity index (χ4n) is 2.82. The number of benzene rings is 3. The maximum atomic E-state index is 12.0. The first kappa shape index (κ1) is 23.3. The topological polar surface area (TPSA) is 98.2 Å². The van der Waals surface area contributed by atoms with Gasteiger partial charge in [-0.25, -0.2) is 5.43 Å². The fraction of sp³-hybridized carbons (Fsp3) is 0.160. The van der Waals surface area contributed by atoms with Crippen molar-refractivity contribution in [2.45, 2.75) is 13.5 Å². The summed E-state index contributed by atoms with van der Waals surface area (Å²) in [4.78, 5) is 24.0. The molecule has 0 saturated heterocycles. The number of anilines is 1. The molecular weight excluding hydrogens is 422 g/mol. The number of hydrogen-bond acceptors (Lipinski definition) is 6. The van der Waals surface area contributed by atoms with Gasteiger partial charge in [0.15, 0.2) is 11.5 Å². The van der Waals surface area contributed by atoms with Crippen LogP contribution >= 0.6 is 0 Å². The van der Waals surface area contributed by atoms with E-state index in [0.29, 0.717) is 41.7 Å². The highest BCUT2D eigenvalue weighted by atomic mass is 16.5. The average Bonchev–Trinajstić information content (AvgIpc) is 2.85. The Balaban J connectivity index is 1.53. The zero-order valence-electron chi connectivity index (χ0n) is 18.4. The smallest absolute Gasteiger partial charge is 0.329 e. The van der Waals surface area contributed by atoms with Crippen LogP contribution in [0.15, 0.2) is 77.9 Å². The Labute approximate surface area is 192 Å². The molecule has 0 fully saturated rings. The lowest BCUT2D eigenvalue weighted by atomic mass is 10.2. The van der Waals surface area contributed by atoms with Gasteiger partial charge in [-0.05, 0) is 60.5 Å². The zero-order chi connectivity index (χ0) is 23.5. The summed E-state index contributed by atoms with van der Waals surface area (Å²) in [5, 5.41) is 6.34. The first-order valence-corrected chi connectivity index (χ1v) is 10.3. The maximum Gasteiger partial charge on any atom is 0.329 e.